The van der Waals surface area contributed by atoms with E-state index in [1.807, 2.05) is 47.3 Å². The van der Waals surface area contributed by atoms with Gasteiger partial charge in [0.05, 0.1) is 81.6 Å². The zero-order valence-corrected chi connectivity index (χ0v) is 37.4. The first-order valence-electron chi connectivity index (χ1n) is 21.5. The molecule has 8 aromatic rings. The van der Waals surface area contributed by atoms with Crippen LogP contribution in [0.5, 0.6) is 11.5 Å². The average molecular weight is 919 g/mol. The van der Waals surface area contributed by atoms with Crippen molar-refractivity contribution in [3.8, 4) is 45.9 Å². The molecule has 2 aliphatic heterocycles. The number of rotatable bonds is 13. The number of pyridine rings is 4. The Hall–Kier alpha value is -8.60. The number of hydrogen-bond donors (Lipinski definition) is 3. The number of nitrogens with zero attached hydrogens (tertiary/aromatic N) is 15. The highest BCUT2D eigenvalue weighted by atomic mass is 16.6. The highest BCUT2D eigenvalue weighted by molar-refractivity contribution is 5.86. The van der Waals surface area contributed by atoms with E-state index in [-0.39, 0.29) is 31.1 Å². The molecule has 2 aliphatic rings. The number of nitro groups is 1. The van der Waals surface area contributed by atoms with E-state index in [1.54, 1.807) is 78.5 Å². The van der Waals surface area contributed by atoms with Crippen LogP contribution in [0, 0.1) is 32.8 Å². The van der Waals surface area contributed by atoms with E-state index in [0.717, 1.165) is 47.0 Å². The number of anilines is 3. The Balaban J connectivity index is 0.000000170. The van der Waals surface area contributed by atoms with Gasteiger partial charge in [-0.3, -0.25) is 4.68 Å². The molecule has 2 saturated heterocycles. The van der Waals surface area contributed by atoms with Crippen LogP contribution in [0.4, 0.5) is 23.3 Å². The molecular formula is C46H46N16O6. The van der Waals surface area contributed by atoms with Crippen LogP contribution in [0.3, 0.4) is 0 Å². The maximum Gasteiger partial charge on any atom is 0.389 e. The fraction of sp³-hybridized carbons (Fsp3) is 0.304. The van der Waals surface area contributed by atoms with Gasteiger partial charge < -0.3 is 45.3 Å². The smallest absolute Gasteiger partial charge is 0.389 e. The van der Waals surface area contributed by atoms with Gasteiger partial charge in [-0.15, -0.1) is 0 Å². The van der Waals surface area contributed by atoms with Crippen molar-refractivity contribution in [1.29, 1.82) is 10.5 Å². The van der Waals surface area contributed by atoms with Crippen molar-refractivity contribution in [1.82, 2.24) is 48.8 Å². The third-order valence-corrected chi connectivity index (χ3v) is 11.2. The van der Waals surface area contributed by atoms with Crippen molar-refractivity contribution in [2.75, 3.05) is 54.9 Å². The Kier molecular flexibility index (Phi) is 11.6. The number of aliphatic hydroxyl groups is 2. The molecule has 4 N–H and O–H groups in total. The zero-order chi connectivity index (χ0) is 47.9. The molecule has 22 nitrogen and oxygen atoms in total. The lowest BCUT2D eigenvalue weighted by Crippen LogP contribution is -2.48. The van der Waals surface area contributed by atoms with Crippen LogP contribution in [0.2, 0.25) is 0 Å². The molecule has 0 aliphatic carbocycles. The molecule has 10 heterocycles. The summed E-state index contributed by atoms with van der Waals surface area (Å²) in [6.45, 7) is 9.77. The summed E-state index contributed by atoms with van der Waals surface area (Å²) in [4.78, 5) is 23.8. The van der Waals surface area contributed by atoms with E-state index >= 15 is 0 Å². The average Bonchev–Trinajstić information content (AvgIpc) is 4.11. The van der Waals surface area contributed by atoms with Crippen molar-refractivity contribution in [2.24, 2.45) is 0 Å². The van der Waals surface area contributed by atoms with Crippen LogP contribution in [0.1, 0.15) is 50.9 Å². The fourth-order valence-corrected chi connectivity index (χ4v) is 7.74. The molecule has 0 aromatic carbocycles. The lowest BCUT2D eigenvalue weighted by molar-refractivity contribution is -0.389. The topological polar surface area (TPSA) is 278 Å². The molecule has 0 atom stereocenters. The second-order valence-electron chi connectivity index (χ2n) is 17.9. The molecule has 346 valence electrons. The number of nitrogen functional groups attached to an aromatic ring is 1. The quantitative estimate of drug-likeness (QED) is 0.103. The first-order valence-corrected chi connectivity index (χ1v) is 21.5. The van der Waals surface area contributed by atoms with Crippen molar-refractivity contribution in [3.05, 3.63) is 119 Å². The molecule has 22 heteroatoms. The first kappa shape index (κ1) is 44.6. The molecular weight excluding hydrogens is 873 g/mol. The summed E-state index contributed by atoms with van der Waals surface area (Å²) in [5.41, 5.74) is 9.08. The zero-order valence-electron chi connectivity index (χ0n) is 37.4. The molecule has 0 unspecified atom stereocenters. The maximum absolute atomic E-state index is 10.9. The van der Waals surface area contributed by atoms with Crippen molar-refractivity contribution >= 4 is 34.3 Å². The van der Waals surface area contributed by atoms with E-state index in [4.69, 9.17) is 15.2 Å². The van der Waals surface area contributed by atoms with E-state index in [2.05, 4.69) is 52.3 Å². The Morgan fingerprint density at radius 3 is 1.54 bits per heavy atom. The van der Waals surface area contributed by atoms with Gasteiger partial charge in [0, 0.05) is 67.0 Å². The van der Waals surface area contributed by atoms with Gasteiger partial charge in [-0.1, -0.05) is 0 Å². The number of hydrogen-bond acceptors (Lipinski definition) is 17. The Labute approximate surface area is 388 Å². The van der Waals surface area contributed by atoms with Crippen LogP contribution in [-0.4, -0.2) is 114 Å². The first-order chi connectivity index (χ1) is 32.5. The van der Waals surface area contributed by atoms with Crippen molar-refractivity contribution < 1.29 is 24.6 Å². The lowest BCUT2D eigenvalue weighted by atomic mass is 10.0. The maximum atomic E-state index is 10.9. The molecule has 0 bridgehead atoms. The van der Waals surface area contributed by atoms with Gasteiger partial charge in [-0.05, 0) is 75.1 Å². The molecule has 0 amide bonds. The van der Waals surface area contributed by atoms with Crippen molar-refractivity contribution in [2.45, 2.75) is 51.0 Å². The summed E-state index contributed by atoms with van der Waals surface area (Å²) in [6.07, 6.45) is 13.4. The minimum atomic E-state index is -1.00. The van der Waals surface area contributed by atoms with Crippen LogP contribution >= 0.6 is 0 Å². The normalized spacial score (nSPS) is 14.2. The van der Waals surface area contributed by atoms with Crippen LogP contribution in [-0.2, 0) is 0 Å². The van der Waals surface area contributed by atoms with E-state index in [9.17, 15) is 30.9 Å². The molecule has 0 radical (unpaired) electrons. The third-order valence-electron chi connectivity index (χ3n) is 11.2. The summed E-state index contributed by atoms with van der Waals surface area (Å²) in [5.74, 6) is 3.04. The molecule has 8 aromatic heterocycles. The van der Waals surface area contributed by atoms with E-state index < -0.39 is 16.1 Å². The van der Waals surface area contributed by atoms with Crippen LogP contribution in [0.15, 0.2) is 98.1 Å². The Bertz CT molecular complexity index is 3210. The minimum absolute atomic E-state index is 0.0411. The van der Waals surface area contributed by atoms with Gasteiger partial charge in [0.25, 0.3) is 0 Å². The summed E-state index contributed by atoms with van der Waals surface area (Å²) in [6, 6.07) is 19.3. The van der Waals surface area contributed by atoms with E-state index in [1.165, 1.54) is 18.5 Å². The van der Waals surface area contributed by atoms with Gasteiger partial charge in [0.2, 0.25) is 0 Å². The van der Waals surface area contributed by atoms with Crippen LogP contribution in [0.25, 0.3) is 33.3 Å². The van der Waals surface area contributed by atoms with Gasteiger partial charge >= 0.3 is 5.82 Å². The van der Waals surface area contributed by atoms with Gasteiger partial charge in [-0.2, -0.15) is 30.5 Å². The predicted molar refractivity (Wildman–Crippen MR) is 248 cm³/mol. The number of nitrogens with two attached hydrogens (primary N) is 1. The largest absolute Gasteiger partial charge is 0.489 e. The summed E-state index contributed by atoms with van der Waals surface area (Å²) in [5, 5.41) is 66.8. The predicted octanol–water partition coefficient (Wildman–Crippen LogP) is 4.84. The second kappa shape index (κ2) is 17.7. The Morgan fingerprint density at radius 2 is 1.18 bits per heavy atom. The van der Waals surface area contributed by atoms with Gasteiger partial charge in [0.1, 0.15) is 60.3 Å². The van der Waals surface area contributed by atoms with E-state index in [0.29, 0.717) is 52.6 Å². The summed E-state index contributed by atoms with van der Waals surface area (Å²) >= 11 is 0. The number of fused-ring (bicyclic) bond motifs is 2. The minimum Gasteiger partial charge on any atom is -0.489 e. The van der Waals surface area contributed by atoms with Gasteiger partial charge in [-0.25, -0.2) is 19.0 Å². The summed E-state index contributed by atoms with van der Waals surface area (Å²) < 4.78 is 18.3. The van der Waals surface area contributed by atoms with Crippen molar-refractivity contribution in [3.63, 3.8) is 0 Å². The molecule has 0 saturated carbocycles. The standard InChI is InChI=1S/C23H22N8O4.C23H24N8O2/c1-23(2,32)14-35-18-7-19(22-16(8-24)10-26-30(22)13-18)15-3-4-20(25-9-15)28-11-17(12-28)29-6-5-21(27-29)31(33)34;1-23(2,32)14-33-18-7-19(22-16(8-24)10-27-31(22)13-18)15-3-4-21(26-9-15)29-11-17(12-29)30-6-5-20(25)28-30/h3-7,9-10,13,17,32H,11-12,14H2,1-2H3;3-7,9-10,13,17,32H,11-12,14H2,1-2H3,(H2,25,28). The molecule has 10 rings (SSSR count). The SMILES string of the molecule is CC(C)(O)COc1cc(-c2ccc(N3CC(n4ccc(N)n4)C3)nc2)c2c(C#N)cnn2c1.CC(C)(O)COc1cc(-c2ccc(N3CC(n4ccc([N+](=O)[O-])n4)C3)nc2)c2c(C#N)cnn2c1. The number of aromatic nitrogens is 10. The number of nitriles is 2. The third kappa shape index (κ3) is 9.40. The lowest BCUT2D eigenvalue weighted by Gasteiger charge is -2.40. The van der Waals surface area contributed by atoms with Gasteiger partial charge in [0.15, 0.2) is 0 Å². The Morgan fingerprint density at radius 1 is 0.721 bits per heavy atom. The second-order valence-corrected chi connectivity index (χ2v) is 17.9. The number of ether oxygens (including phenoxy) is 2. The van der Waals surface area contributed by atoms with Crippen LogP contribution < -0.4 is 25.0 Å². The monoisotopic (exact) mass is 918 g/mol. The highest BCUT2D eigenvalue weighted by Gasteiger charge is 2.33. The fourth-order valence-electron chi connectivity index (χ4n) is 7.74. The molecule has 2 fully saturated rings. The highest BCUT2D eigenvalue weighted by Crippen LogP contribution is 2.35. The summed E-state index contributed by atoms with van der Waals surface area (Å²) in [7, 11) is 0. The molecule has 0 spiro atoms. The molecule has 68 heavy (non-hydrogen) atoms.